The Morgan fingerprint density at radius 3 is 2.72 bits per heavy atom. The van der Waals surface area contributed by atoms with E-state index in [0.29, 0.717) is 36.2 Å². The lowest BCUT2D eigenvalue weighted by Gasteiger charge is -2.26. The van der Waals surface area contributed by atoms with E-state index in [1.54, 1.807) is 19.1 Å². The molecule has 2 heterocycles. The molecule has 1 aromatic heterocycles. The third-order valence-electron chi connectivity index (χ3n) is 4.41. The van der Waals surface area contributed by atoms with Crippen LogP contribution in [-0.4, -0.2) is 54.7 Å². The van der Waals surface area contributed by atoms with Gasteiger partial charge in [0.15, 0.2) is 5.82 Å². The van der Waals surface area contributed by atoms with E-state index < -0.39 is 10.0 Å². The Kier molecular flexibility index (Phi) is 7.14. The summed E-state index contributed by atoms with van der Waals surface area (Å²) < 4.78 is 37.7. The maximum absolute atomic E-state index is 13.0. The van der Waals surface area contributed by atoms with E-state index in [1.807, 2.05) is 0 Å². The number of thioether (sulfide) groups is 1. The van der Waals surface area contributed by atoms with Crippen molar-refractivity contribution in [1.29, 1.82) is 0 Å². The zero-order valence-corrected chi connectivity index (χ0v) is 18.0. The molecule has 2 aromatic rings. The number of nitrogens with one attached hydrogen (secondary N) is 1. The lowest BCUT2D eigenvalue weighted by molar-refractivity contribution is -0.113. The number of sulfonamides is 1. The lowest BCUT2D eigenvalue weighted by Crippen LogP contribution is -2.35. The quantitative estimate of drug-likeness (QED) is 0.666. The first-order chi connectivity index (χ1) is 13.9. The van der Waals surface area contributed by atoms with Crippen LogP contribution in [-0.2, 0) is 20.6 Å². The van der Waals surface area contributed by atoms with Gasteiger partial charge in [0.1, 0.15) is 10.6 Å². The highest BCUT2D eigenvalue weighted by Crippen LogP contribution is 2.31. The summed E-state index contributed by atoms with van der Waals surface area (Å²) in [5, 5.41) is 6.51. The minimum Gasteiger partial charge on any atom is -0.495 e. The molecule has 0 unspecified atom stereocenters. The van der Waals surface area contributed by atoms with Crippen molar-refractivity contribution in [2.45, 2.75) is 36.8 Å². The number of methoxy groups -OCH3 is 1. The van der Waals surface area contributed by atoms with Crippen LogP contribution in [0.4, 0.5) is 5.69 Å². The average Bonchev–Trinajstić information content (AvgIpc) is 3.13. The summed E-state index contributed by atoms with van der Waals surface area (Å²) in [4.78, 5) is 16.4. The van der Waals surface area contributed by atoms with Gasteiger partial charge in [-0.2, -0.15) is 9.29 Å². The number of amides is 1. The van der Waals surface area contributed by atoms with Crippen molar-refractivity contribution in [2.75, 3.05) is 31.3 Å². The van der Waals surface area contributed by atoms with Crippen molar-refractivity contribution < 1.29 is 22.5 Å². The van der Waals surface area contributed by atoms with E-state index in [1.165, 1.54) is 29.2 Å². The number of aromatic nitrogens is 2. The number of hydrogen-bond donors (Lipinski definition) is 1. The van der Waals surface area contributed by atoms with Gasteiger partial charge in [0.05, 0.1) is 18.6 Å². The molecule has 3 rings (SSSR count). The smallest absolute Gasteiger partial charge is 0.246 e. The summed E-state index contributed by atoms with van der Waals surface area (Å²) in [5.41, 5.74) is 0.405. The standard InChI is InChI=1S/C18H24N4O5S2/c1-13-19-17(21-27-13)11-28-12-18(23)20-14-6-7-15(26-2)16(10-14)29(24,25)22-8-4-3-5-9-22/h6-7,10H,3-5,8-9,11-12H2,1-2H3,(H,20,23). The lowest BCUT2D eigenvalue weighted by atomic mass is 10.2. The van der Waals surface area contributed by atoms with Gasteiger partial charge in [0, 0.05) is 25.7 Å². The summed E-state index contributed by atoms with van der Waals surface area (Å²) in [6.07, 6.45) is 2.71. The number of rotatable bonds is 8. The van der Waals surface area contributed by atoms with Crippen LogP contribution in [0.2, 0.25) is 0 Å². The molecule has 0 saturated carbocycles. The molecule has 0 aliphatic carbocycles. The number of benzene rings is 1. The fourth-order valence-electron chi connectivity index (χ4n) is 3.03. The molecule has 11 heteroatoms. The second-order valence-electron chi connectivity index (χ2n) is 6.60. The highest BCUT2D eigenvalue weighted by molar-refractivity contribution is 7.99. The number of anilines is 1. The zero-order chi connectivity index (χ0) is 20.9. The number of piperidine rings is 1. The molecule has 0 bridgehead atoms. The van der Waals surface area contributed by atoms with E-state index in [9.17, 15) is 13.2 Å². The highest BCUT2D eigenvalue weighted by atomic mass is 32.2. The van der Waals surface area contributed by atoms with Crippen LogP contribution in [0.3, 0.4) is 0 Å². The van der Waals surface area contributed by atoms with Crippen molar-refractivity contribution >= 4 is 33.4 Å². The van der Waals surface area contributed by atoms with Crippen LogP contribution in [0.25, 0.3) is 0 Å². The molecule has 0 atom stereocenters. The van der Waals surface area contributed by atoms with Gasteiger partial charge in [-0.3, -0.25) is 4.79 Å². The van der Waals surface area contributed by atoms with Gasteiger partial charge in [-0.15, -0.1) is 11.8 Å². The van der Waals surface area contributed by atoms with Crippen LogP contribution < -0.4 is 10.1 Å². The fraction of sp³-hybridized carbons (Fsp3) is 0.500. The molecule has 1 aromatic carbocycles. The molecule has 1 fully saturated rings. The molecule has 0 spiro atoms. The molecule has 1 N–H and O–H groups in total. The predicted molar refractivity (Wildman–Crippen MR) is 109 cm³/mol. The second kappa shape index (κ2) is 9.59. The molecular weight excluding hydrogens is 416 g/mol. The van der Waals surface area contributed by atoms with E-state index in [0.717, 1.165) is 19.3 Å². The summed E-state index contributed by atoms with van der Waals surface area (Å²) in [7, 11) is -2.26. The number of carbonyl (C=O) groups excluding carboxylic acids is 1. The first kappa shape index (κ1) is 21.6. The van der Waals surface area contributed by atoms with Gasteiger partial charge in [0.25, 0.3) is 0 Å². The molecule has 29 heavy (non-hydrogen) atoms. The summed E-state index contributed by atoms with van der Waals surface area (Å²) in [6, 6.07) is 4.63. The predicted octanol–water partition coefficient (Wildman–Crippen LogP) is 2.43. The SMILES string of the molecule is COc1ccc(NC(=O)CSCc2noc(C)n2)cc1S(=O)(=O)N1CCCCC1. The van der Waals surface area contributed by atoms with E-state index >= 15 is 0 Å². The monoisotopic (exact) mass is 440 g/mol. The largest absolute Gasteiger partial charge is 0.495 e. The third kappa shape index (κ3) is 5.49. The third-order valence-corrected chi connectivity index (χ3v) is 7.26. The number of carbonyl (C=O) groups is 1. The number of ether oxygens (including phenoxy) is 1. The Balaban J connectivity index is 1.66. The van der Waals surface area contributed by atoms with Gasteiger partial charge in [0.2, 0.25) is 21.8 Å². The van der Waals surface area contributed by atoms with Crippen molar-refractivity contribution in [3.05, 3.63) is 29.9 Å². The molecule has 1 amide bonds. The first-order valence-corrected chi connectivity index (χ1v) is 11.8. The van der Waals surface area contributed by atoms with Crippen LogP contribution in [0, 0.1) is 6.92 Å². The summed E-state index contributed by atoms with van der Waals surface area (Å²) in [6.45, 7) is 2.69. The number of aryl methyl sites for hydroxylation is 1. The maximum atomic E-state index is 13.0. The van der Waals surface area contributed by atoms with Gasteiger partial charge >= 0.3 is 0 Å². The van der Waals surface area contributed by atoms with E-state index in [-0.39, 0.29) is 22.3 Å². The Morgan fingerprint density at radius 2 is 2.07 bits per heavy atom. The number of nitrogens with zero attached hydrogens (tertiary/aromatic N) is 3. The van der Waals surface area contributed by atoms with Gasteiger partial charge in [-0.05, 0) is 31.0 Å². The first-order valence-electron chi connectivity index (χ1n) is 9.25. The number of hydrogen-bond acceptors (Lipinski definition) is 8. The molecule has 0 radical (unpaired) electrons. The molecule has 1 aliphatic rings. The van der Waals surface area contributed by atoms with Crippen LogP contribution >= 0.6 is 11.8 Å². The van der Waals surface area contributed by atoms with Crippen molar-refractivity contribution in [1.82, 2.24) is 14.4 Å². The minimum atomic E-state index is -3.69. The van der Waals surface area contributed by atoms with E-state index in [2.05, 4.69) is 15.5 Å². The molecule has 1 aliphatic heterocycles. The van der Waals surface area contributed by atoms with Crippen LogP contribution in [0.1, 0.15) is 31.0 Å². The average molecular weight is 441 g/mol. The Bertz CT molecular complexity index is 955. The summed E-state index contributed by atoms with van der Waals surface area (Å²) >= 11 is 1.34. The van der Waals surface area contributed by atoms with Gasteiger partial charge in [-0.25, -0.2) is 8.42 Å². The normalized spacial score (nSPS) is 15.2. The highest BCUT2D eigenvalue weighted by Gasteiger charge is 2.29. The summed E-state index contributed by atoms with van der Waals surface area (Å²) in [5.74, 6) is 1.64. The molecule has 1 saturated heterocycles. The van der Waals surface area contributed by atoms with Gasteiger partial charge < -0.3 is 14.6 Å². The van der Waals surface area contributed by atoms with Crippen molar-refractivity contribution in [2.24, 2.45) is 0 Å². The van der Waals surface area contributed by atoms with Gasteiger partial charge in [-0.1, -0.05) is 11.6 Å². The van der Waals surface area contributed by atoms with Crippen molar-refractivity contribution in [3.63, 3.8) is 0 Å². The van der Waals surface area contributed by atoms with Crippen LogP contribution in [0.5, 0.6) is 5.75 Å². The Labute approximate surface area is 174 Å². The zero-order valence-electron chi connectivity index (χ0n) is 16.4. The topological polar surface area (TPSA) is 115 Å². The minimum absolute atomic E-state index is 0.0645. The molecule has 9 nitrogen and oxygen atoms in total. The van der Waals surface area contributed by atoms with E-state index in [4.69, 9.17) is 9.26 Å². The van der Waals surface area contributed by atoms with Crippen molar-refractivity contribution in [3.8, 4) is 5.75 Å². The van der Waals surface area contributed by atoms with Crippen LogP contribution in [0.15, 0.2) is 27.6 Å². The Morgan fingerprint density at radius 1 is 1.31 bits per heavy atom. The Hall–Kier alpha value is -2.11. The molecular formula is C18H24N4O5S2. The molecule has 158 valence electrons. The second-order valence-corrected chi connectivity index (χ2v) is 9.49. The fourth-order valence-corrected chi connectivity index (χ4v) is 5.39. The maximum Gasteiger partial charge on any atom is 0.246 e.